The molecule has 8 nitrogen and oxygen atoms in total. The summed E-state index contributed by atoms with van der Waals surface area (Å²) in [6.07, 6.45) is 3.38. The van der Waals surface area contributed by atoms with Gasteiger partial charge in [-0.05, 0) is 24.3 Å². The number of nitrogen functional groups attached to an aromatic ring is 1. The number of hydrogen-bond acceptors (Lipinski definition) is 5. The molecule has 26 heavy (non-hydrogen) atoms. The molecule has 0 radical (unpaired) electrons. The van der Waals surface area contributed by atoms with Crippen LogP contribution in [0.2, 0.25) is 0 Å². The molecule has 0 bridgehead atoms. The zero-order valence-electron chi connectivity index (χ0n) is 13.5. The van der Waals surface area contributed by atoms with Crippen LogP contribution in [0.5, 0.6) is 0 Å². The second kappa shape index (κ2) is 6.26. The fourth-order valence-electron chi connectivity index (χ4n) is 2.72. The zero-order valence-corrected chi connectivity index (χ0v) is 13.5. The third-order valence-corrected chi connectivity index (χ3v) is 4.01. The van der Waals surface area contributed by atoms with Crippen molar-refractivity contribution in [3.63, 3.8) is 0 Å². The average Bonchev–Trinajstić information content (AvgIpc) is 3.13. The summed E-state index contributed by atoms with van der Waals surface area (Å²) in [4.78, 5) is 32.9. The molecule has 4 aromatic rings. The summed E-state index contributed by atoms with van der Waals surface area (Å²) in [5.41, 5.74) is 5.40. The van der Waals surface area contributed by atoms with Crippen molar-refractivity contribution in [3.05, 3.63) is 76.8 Å². The van der Waals surface area contributed by atoms with Crippen LogP contribution in [-0.2, 0) is 0 Å². The molecule has 3 heterocycles. The van der Waals surface area contributed by atoms with E-state index in [-0.39, 0.29) is 11.5 Å². The highest BCUT2D eigenvalue weighted by Crippen LogP contribution is 2.23. The maximum Gasteiger partial charge on any atom is 0.273 e. The Kier molecular flexibility index (Phi) is 3.79. The van der Waals surface area contributed by atoms with Crippen molar-refractivity contribution >= 4 is 11.6 Å². The molecule has 1 aromatic carbocycles. The van der Waals surface area contributed by atoms with E-state index >= 15 is 0 Å². The van der Waals surface area contributed by atoms with E-state index in [0.717, 1.165) is 5.56 Å². The maximum absolute atomic E-state index is 12.4. The topological polar surface area (TPSA) is 118 Å². The highest BCUT2D eigenvalue weighted by molar-refractivity contribution is 5.94. The first-order valence-corrected chi connectivity index (χ1v) is 7.81. The molecule has 0 aliphatic carbocycles. The molecule has 0 saturated heterocycles. The van der Waals surface area contributed by atoms with Crippen LogP contribution >= 0.6 is 0 Å². The number of hydrazine groups is 1. The summed E-state index contributed by atoms with van der Waals surface area (Å²) >= 11 is 0. The Morgan fingerprint density at radius 1 is 1.12 bits per heavy atom. The second-order valence-electron chi connectivity index (χ2n) is 5.59. The molecule has 0 aliphatic rings. The monoisotopic (exact) mass is 346 g/mol. The summed E-state index contributed by atoms with van der Waals surface area (Å²) in [6, 6.07) is 13.7. The van der Waals surface area contributed by atoms with Crippen LogP contribution in [0.3, 0.4) is 0 Å². The summed E-state index contributed by atoms with van der Waals surface area (Å²) in [7, 11) is 0. The van der Waals surface area contributed by atoms with Crippen LogP contribution in [0.25, 0.3) is 28.2 Å². The van der Waals surface area contributed by atoms with Gasteiger partial charge in [0.15, 0.2) is 5.65 Å². The minimum absolute atomic E-state index is 0.240. The lowest BCUT2D eigenvalue weighted by Crippen LogP contribution is -2.29. The van der Waals surface area contributed by atoms with Gasteiger partial charge in [-0.3, -0.25) is 25.1 Å². The Morgan fingerprint density at radius 3 is 2.62 bits per heavy atom. The van der Waals surface area contributed by atoms with Gasteiger partial charge < -0.3 is 0 Å². The van der Waals surface area contributed by atoms with Gasteiger partial charge >= 0.3 is 0 Å². The lowest BCUT2D eigenvalue weighted by molar-refractivity contribution is 0.0953. The van der Waals surface area contributed by atoms with E-state index in [2.05, 4.69) is 20.5 Å². The number of nitrogens with two attached hydrogens (primary N) is 1. The van der Waals surface area contributed by atoms with Crippen molar-refractivity contribution in [2.75, 3.05) is 0 Å². The number of amides is 1. The SMILES string of the molecule is NNC(=O)c1ccc(-c2cc(=O)n3[nH]cc(-c4ccccn4)c3n2)cc1. The predicted octanol–water partition coefficient (Wildman–Crippen LogP) is 1.36. The van der Waals surface area contributed by atoms with Crippen LogP contribution in [0.15, 0.2) is 65.7 Å². The van der Waals surface area contributed by atoms with E-state index in [1.54, 1.807) is 36.7 Å². The molecule has 0 aliphatic heterocycles. The fraction of sp³-hybridized carbons (Fsp3) is 0. The van der Waals surface area contributed by atoms with Crippen LogP contribution in [0, 0.1) is 0 Å². The van der Waals surface area contributed by atoms with Gasteiger partial charge in [0.25, 0.3) is 11.5 Å². The predicted molar refractivity (Wildman–Crippen MR) is 96.1 cm³/mol. The summed E-state index contributed by atoms with van der Waals surface area (Å²) in [6.45, 7) is 0. The Balaban J connectivity index is 1.84. The number of H-pyrrole nitrogens is 1. The molecule has 4 rings (SSSR count). The van der Waals surface area contributed by atoms with Gasteiger partial charge in [-0.1, -0.05) is 18.2 Å². The van der Waals surface area contributed by atoms with Gasteiger partial charge in [-0.25, -0.2) is 15.3 Å². The first-order valence-electron chi connectivity index (χ1n) is 7.81. The molecule has 0 unspecified atom stereocenters. The van der Waals surface area contributed by atoms with Crippen molar-refractivity contribution in [2.24, 2.45) is 5.84 Å². The van der Waals surface area contributed by atoms with Crippen LogP contribution in [-0.4, -0.2) is 25.5 Å². The normalized spacial score (nSPS) is 10.8. The number of rotatable bonds is 3. The van der Waals surface area contributed by atoms with E-state index < -0.39 is 0 Å². The third kappa shape index (κ3) is 2.64. The molecule has 0 saturated carbocycles. The number of aromatic amines is 1. The van der Waals surface area contributed by atoms with E-state index in [0.29, 0.717) is 28.2 Å². The largest absolute Gasteiger partial charge is 0.296 e. The summed E-state index contributed by atoms with van der Waals surface area (Å²) < 4.78 is 1.36. The highest BCUT2D eigenvalue weighted by atomic mass is 16.2. The lowest BCUT2D eigenvalue weighted by atomic mass is 10.1. The standard InChI is InChI=1S/C18H14N6O2/c19-23-18(26)12-6-4-11(5-7-12)15-9-16(25)24-17(22-15)13(10-21-24)14-3-1-2-8-20-14/h1-10,21H,19H2,(H,23,26). The van der Waals surface area contributed by atoms with Crippen molar-refractivity contribution in [3.8, 4) is 22.5 Å². The van der Waals surface area contributed by atoms with Gasteiger partial charge in [0.1, 0.15) is 0 Å². The fourth-order valence-corrected chi connectivity index (χ4v) is 2.72. The highest BCUT2D eigenvalue weighted by Gasteiger charge is 2.13. The van der Waals surface area contributed by atoms with Gasteiger partial charge in [0.2, 0.25) is 0 Å². The van der Waals surface area contributed by atoms with E-state index in [1.165, 1.54) is 10.6 Å². The molecular weight excluding hydrogens is 332 g/mol. The molecule has 4 N–H and O–H groups in total. The van der Waals surface area contributed by atoms with Crippen LogP contribution < -0.4 is 16.8 Å². The van der Waals surface area contributed by atoms with Crippen molar-refractivity contribution in [2.45, 2.75) is 0 Å². The molecule has 0 spiro atoms. The summed E-state index contributed by atoms with van der Waals surface area (Å²) in [5, 5.41) is 2.90. The molecule has 1 amide bonds. The van der Waals surface area contributed by atoms with E-state index in [9.17, 15) is 9.59 Å². The molecule has 128 valence electrons. The van der Waals surface area contributed by atoms with Gasteiger partial charge in [0.05, 0.1) is 17.0 Å². The Labute approximate surface area is 147 Å². The Hall–Kier alpha value is -3.78. The van der Waals surface area contributed by atoms with Crippen LogP contribution in [0.1, 0.15) is 10.4 Å². The number of hydrogen-bond donors (Lipinski definition) is 3. The third-order valence-electron chi connectivity index (χ3n) is 4.01. The molecule has 3 aromatic heterocycles. The molecule has 0 fully saturated rings. The zero-order chi connectivity index (χ0) is 18.1. The van der Waals surface area contributed by atoms with Gasteiger partial charge in [-0.15, -0.1) is 0 Å². The first-order chi connectivity index (χ1) is 12.7. The molecular formula is C18H14N6O2. The number of nitrogens with zero attached hydrogens (tertiary/aromatic N) is 3. The van der Waals surface area contributed by atoms with E-state index in [1.807, 2.05) is 18.2 Å². The average molecular weight is 346 g/mol. The number of carbonyl (C=O) groups excluding carboxylic acids is 1. The molecule has 8 heteroatoms. The van der Waals surface area contributed by atoms with Crippen LogP contribution in [0.4, 0.5) is 0 Å². The smallest absolute Gasteiger partial charge is 0.273 e. The summed E-state index contributed by atoms with van der Waals surface area (Å²) in [5.74, 6) is 4.74. The second-order valence-corrected chi connectivity index (χ2v) is 5.59. The van der Waals surface area contributed by atoms with Crippen molar-refractivity contribution < 1.29 is 4.79 Å². The number of benzene rings is 1. The van der Waals surface area contributed by atoms with Gasteiger partial charge in [-0.2, -0.15) is 0 Å². The molecule has 0 atom stereocenters. The lowest BCUT2D eigenvalue weighted by Gasteiger charge is -2.04. The first kappa shape index (κ1) is 15.7. The number of pyridine rings is 1. The Bertz CT molecular complexity index is 1150. The van der Waals surface area contributed by atoms with Crippen molar-refractivity contribution in [1.82, 2.24) is 25.0 Å². The number of nitrogens with one attached hydrogen (secondary N) is 2. The maximum atomic E-state index is 12.4. The quantitative estimate of drug-likeness (QED) is 0.294. The number of aromatic nitrogens is 4. The van der Waals surface area contributed by atoms with Gasteiger partial charge in [0, 0.05) is 29.6 Å². The minimum Gasteiger partial charge on any atom is -0.296 e. The Morgan fingerprint density at radius 2 is 1.92 bits per heavy atom. The minimum atomic E-state index is -0.386. The number of carbonyl (C=O) groups is 1. The number of fused-ring (bicyclic) bond motifs is 1. The van der Waals surface area contributed by atoms with E-state index in [4.69, 9.17) is 5.84 Å². The van der Waals surface area contributed by atoms with Crippen molar-refractivity contribution in [1.29, 1.82) is 0 Å².